The number of hydrogen-bond donors (Lipinski definition) is 0. The van der Waals surface area contributed by atoms with Crippen LogP contribution in [-0.2, 0) is 7.05 Å². The van der Waals surface area contributed by atoms with E-state index in [1.807, 2.05) is 0 Å². The number of aryl methyl sites for hydroxylation is 3. The fourth-order valence-electron chi connectivity index (χ4n) is 3.52. The van der Waals surface area contributed by atoms with Crippen molar-refractivity contribution >= 4 is 21.8 Å². The minimum absolute atomic E-state index is 1.06. The highest BCUT2D eigenvalue weighted by Crippen LogP contribution is 2.35. The number of hydrogen-bond acceptors (Lipinski definition) is 1. The highest BCUT2D eigenvalue weighted by molar-refractivity contribution is 6.10. The molecule has 2 aromatic carbocycles. The normalized spacial score (nSPS) is 11.5. The quantitative estimate of drug-likeness (QED) is 0.465. The summed E-state index contributed by atoms with van der Waals surface area (Å²) in [4.78, 5) is 4.88. The summed E-state index contributed by atoms with van der Waals surface area (Å²) in [7, 11) is 2.14. The van der Waals surface area contributed by atoms with Crippen molar-refractivity contribution in [2.24, 2.45) is 7.05 Å². The lowest BCUT2D eigenvalue weighted by atomic mass is 9.99. The Morgan fingerprint density at radius 3 is 2.30 bits per heavy atom. The Morgan fingerprint density at radius 2 is 1.57 bits per heavy atom. The third kappa shape index (κ3) is 1.98. The minimum Gasteiger partial charge on any atom is -0.346 e. The molecule has 0 aliphatic heterocycles. The Kier molecular flexibility index (Phi) is 3.02. The lowest BCUT2D eigenvalue weighted by Crippen LogP contribution is -1.94. The van der Waals surface area contributed by atoms with Crippen LogP contribution in [0.25, 0.3) is 32.9 Å². The minimum atomic E-state index is 1.06. The molecule has 0 saturated carbocycles. The second kappa shape index (κ2) is 4.95. The van der Waals surface area contributed by atoms with E-state index in [0.717, 1.165) is 11.2 Å². The van der Waals surface area contributed by atoms with Crippen molar-refractivity contribution in [1.82, 2.24) is 9.55 Å². The van der Waals surface area contributed by atoms with Crippen molar-refractivity contribution in [2.75, 3.05) is 0 Å². The predicted octanol–water partition coefficient (Wildman–Crippen LogP) is 5.32. The largest absolute Gasteiger partial charge is 0.346 e. The first-order valence-electron chi connectivity index (χ1n) is 7.99. The summed E-state index contributed by atoms with van der Waals surface area (Å²) in [5, 5.41) is 2.52. The van der Waals surface area contributed by atoms with Crippen LogP contribution in [0, 0.1) is 20.8 Å². The molecular formula is C21H20N2. The van der Waals surface area contributed by atoms with Gasteiger partial charge in [-0.25, -0.2) is 0 Å². The van der Waals surface area contributed by atoms with Crippen LogP contribution in [0.5, 0.6) is 0 Å². The zero-order chi connectivity index (χ0) is 16.1. The number of pyridine rings is 1. The molecule has 2 heterocycles. The molecule has 0 amide bonds. The molecule has 0 atom stereocenters. The van der Waals surface area contributed by atoms with Crippen LogP contribution in [0.4, 0.5) is 0 Å². The zero-order valence-corrected chi connectivity index (χ0v) is 14.0. The van der Waals surface area contributed by atoms with E-state index in [9.17, 15) is 0 Å². The van der Waals surface area contributed by atoms with E-state index in [-0.39, 0.29) is 0 Å². The first-order valence-corrected chi connectivity index (χ1v) is 7.99. The van der Waals surface area contributed by atoms with Gasteiger partial charge in [0.15, 0.2) is 0 Å². The Hall–Kier alpha value is -2.61. The lowest BCUT2D eigenvalue weighted by Gasteiger charge is -2.10. The molecule has 4 aromatic rings. The van der Waals surface area contributed by atoms with Gasteiger partial charge >= 0.3 is 0 Å². The number of aromatic nitrogens is 2. The third-order valence-electron chi connectivity index (χ3n) is 4.95. The number of benzene rings is 2. The molecule has 23 heavy (non-hydrogen) atoms. The van der Waals surface area contributed by atoms with Crippen molar-refractivity contribution in [3.63, 3.8) is 0 Å². The van der Waals surface area contributed by atoms with Crippen molar-refractivity contribution in [2.45, 2.75) is 20.8 Å². The Morgan fingerprint density at radius 1 is 0.870 bits per heavy atom. The van der Waals surface area contributed by atoms with Crippen molar-refractivity contribution < 1.29 is 0 Å². The van der Waals surface area contributed by atoms with Crippen LogP contribution in [0.15, 0.2) is 48.5 Å². The van der Waals surface area contributed by atoms with Gasteiger partial charge < -0.3 is 4.57 Å². The standard InChI is InChI=1S/C21H20N2/c1-13-12-19(16-8-6-5-7-9-16)18-11-10-17-14(2)15(3)23(4)21(17)20(18)22-13/h5-12H,1-4H3. The van der Waals surface area contributed by atoms with Gasteiger partial charge in [-0.05, 0) is 43.5 Å². The van der Waals surface area contributed by atoms with Crippen LogP contribution < -0.4 is 0 Å². The van der Waals surface area contributed by atoms with Gasteiger partial charge in [-0.2, -0.15) is 0 Å². The van der Waals surface area contributed by atoms with Gasteiger partial charge in [0.25, 0.3) is 0 Å². The summed E-state index contributed by atoms with van der Waals surface area (Å²) < 4.78 is 2.27. The highest BCUT2D eigenvalue weighted by atomic mass is 15.0. The van der Waals surface area contributed by atoms with E-state index in [1.165, 1.54) is 38.7 Å². The Balaban J connectivity index is 2.20. The fourth-order valence-corrected chi connectivity index (χ4v) is 3.52. The summed E-state index contributed by atoms with van der Waals surface area (Å²) in [6, 6.07) is 17.2. The van der Waals surface area contributed by atoms with Crippen LogP contribution >= 0.6 is 0 Å². The van der Waals surface area contributed by atoms with E-state index < -0.39 is 0 Å². The van der Waals surface area contributed by atoms with Crippen molar-refractivity contribution in [3.8, 4) is 11.1 Å². The zero-order valence-electron chi connectivity index (χ0n) is 14.0. The number of rotatable bonds is 1. The second-order valence-electron chi connectivity index (χ2n) is 6.30. The molecule has 0 aliphatic carbocycles. The maximum Gasteiger partial charge on any atom is 0.0954 e. The van der Waals surface area contributed by atoms with Gasteiger partial charge in [-0.15, -0.1) is 0 Å². The first kappa shape index (κ1) is 14.0. The topological polar surface area (TPSA) is 17.8 Å². The predicted molar refractivity (Wildman–Crippen MR) is 97.9 cm³/mol. The maximum absolute atomic E-state index is 4.88. The Labute approximate surface area is 136 Å². The summed E-state index contributed by atoms with van der Waals surface area (Å²) in [5.74, 6) is 0. The van der Waals surface area contributed by atoms with Gasteiger partial charge in [0, 0.05) is 29.2 Å². The van der Waals surface area contributed by atoms with Crippen LogP contribution in [0.1, 0.15) is 17.0 Å². The molecule has 2 nitrogen and oxygen atoms in total. The monoisotopic (exact) mass is 300 g/mol. The van der Waals surface area contributed by atoms with E-state index in [0.29, 0.717) is 0 Å². The molecular weight excluding hydrogens is 280 g/mol. The molecule has 0 fully saturated rings. The molecule has 0 spiro atoms. The average Bonchev–Trinajstić information content (AvgIpc) is 2.79. The van der Waals surface area contributed by atoms with Gasteiger partial charge in [0.1, 0.15) is 0 Å². The summed E-state index contributed by atoms with van der Waals surface area (Å²) in [6.45, 7) is 6.44. The molecule has 114 valence electrons. The lowest BCUT2D eigenvalue weighted by molar-refractivity contribution is 0.912. The van der Waals surface area contributed by atoms with Gasteiger partial charge in [-0.3, -0.25) is 4.98 Å². The summed E-state index contributed by atoms with van der Waals surface area (Å²) in [6.07, 6.45) is 0. The molecule has 0 radical (unpaired) electrons. The molecule has 4 rings (SSSR count). The molecule has 0 bridgehead atoms. The fraction of sp³-hybridized carbons (Fsp3) is 0.190. The van der Waals surface area contributed by atoms with Crippen LogP contribution in [0.2, 0.25) is 0 Å². The van der Waals surface area contributed by atoms with E-state index in [4.69, 9.17) is 4.98 Å². The molecule has 2 aromatic heterocycles. The molecule has 2 heteroatoms. The van der Waals surface area contributed by atoms with Crippen LogP contribution in [-0.4, -0.2) is 9.55 Å². The first-order chi connectivity index (χ1) is 11.1. The SMILES string of the molecule is Cc1cc(-c2ccccc2)c2ccc3c(C)c(C)n(C)c3c2n1. The molecule has 0 aliphatic rings. The summed E-state index contributed by atoms with van der Waals surface area (Å²) in [5.41, 5.74) is 8.53. The third-order valence-corrected chi connectivity index (χ3v) is 4.95. The Bertz CT molecular complexity index is 1040. The molecule has 0 unspecified atom stereocenters. The average molecular weight is 300 g/mol. The van der Waals surface area contributed by atoms with E-state index >= 15 is 0 Å². The number of fused-ring (bicyclic) bond motifs is 3. The smallest absolute Gasteiger partial charge is 0.0954 e. The van der Waals surface area contributed by atoms with E-state index in [2.05, 4.69) is 80.9 Å². The van der Waals surface area contributed by atoms with Gasteiger partial charge in [-0.1, -0.05) is 42.5 Å². The van der Waals surface area contributed by atoms with Gasteiger partial charge in [0.2, 0.25) is 0 Å². The van der Waals surface area contributed by atoms with Crippen molar-refractivity contribution in [3.05, 3.63) is 65.5 Å². The highest BCUT2D eigenvalue weighted by Gasteiger charge is 2.15. The molecule has 0 saturated heterocycles. The maximum atomic E-state index is 4.88. The van der Waals surface area contributed by atoms with Crippen molar-refractivity contribution in [1.29, 1.82) is 0 Å². The van der Waals surface area contributed by atoms with Crippen LogP contribution in [0.3, 0.4) is 0 Å². The number of nitrogens with zero attached hydrogens (tertiary/aromatic N) is 2. The van der Waals surface area contributed by atoms with Gasteiger partial charge in [0.05, 0.1) is 11.0 Å². The van der Waals surface area contributed by atoms with E-state index in [1.54, 1.807) is 0 Å². The molecule has 0 N–H and O–H groups in total. The summed E-state index contributed by atoms with van der Waals surface area (Å²) >= 11 is 0. The second-order valence-corrected chi connectivity index (χ2v) is 6.30.